The van der Waals surface area contributed by atoms with Crippen LogP contribution in [0.1, 0.15) is 40.0 Å². The van der Waals surface area contributed by atoms with Crippen molar-refractivity contribution in [2.24, 2.45) is 0 Å². The van der Waals surface area contributed by atoms with Crippen molar-refractivity contribution in [1.29, 1.82) is 5.26 Å². The van der Waals surface area contributed by atoms with E-state index in [0.717, 1.165) is 4.90 Å². The molecule has 1 aliphatic rings. The van der Waals surface area contributed by atoms with Crippen molar-refractivity contribution in [3.05, 3.63) is 59.7 Å². The molecule has 2 N–H and O–H groups in total. The van der Waals surface area contributed by atoms with Crippen LogP contribution in [0.3, 0.4) is 0 Å². The maximum Gasteiger partial charge on any atom is 0.261 e. The van der Waals surface area contributed by atoms with Gasteiger partial charge in [-0.1, -0.05) is 18.2 Å². The van der Waals surface area contributed by atoms with Crippen LogP contribution >= 0.6 is 0 Å². The largest absolute Gasteiger partial charge is 0.326 e. The highest BCUT2D eigenvalue weighted by Gasteiger charge is 2.34. The molecule has 8 heteroatoms. The Hall–Kier alpha value is -3.99. The summed E-state index contributed by atoms with van der Waals surface area (Å²) >= 11 is 0. The van der Waals surface area contributed by atoms with Crippen LogP contribution in [0, 0.1) is 11.3 Å². The second kappa shape index (κ2) is 8.80. The summed E-state index contributed by atoms with van der Waals surface area (Å²) in [7, 11) is 0. The van der Waals surface area contributed by atoms with Gasteiger partial charge in [0.05, 0.1) is 17.2 Å². The summed E-state index contributed by atoms with van der Waals surface area (Å²) < 4.78 is 0. The molecule has 0 spiro atoms. The number of hydrogen-bond acceptors (Lipinski definition) is 5. The molecule has 1 aliphatic heterocycles. The Kier molecular flexibility index (Phi) is 6.00. The van der Waals surface area contributed by atoms with Crippen molar-refractivity contribution in [2.45, 2.75) is 19.3 Å². The van der Waals surface area contributed by atoms with E-state index in [1.54, 1.807) is 54.6 Å². The summed E-state index contributed by atoms with van der Waals surface area (Å²) in [5.74, 6) is -1.39. The van der Waals surface area contributed by atoms with Crippen molar-refractivity contribution >= 4 is 35.0 Å². The van der Waals surface area contributed by atoms with E-state index in [1.165, 1.54) is 0 Å². The van der Waals surface area contributed by atoms with E-state index >= 15 is 0 Å². The Bertz CT molecular complexity index is 990. The number of hydrogen-bond donors (Lipinski definition) is 2. The van der Waals surface area contributed by atoms with Crippen molar-refractivity contribution in [3.63, 3.8) is 0 Å². The quantitative estimate of drug-likeness (QED) is 0.704. The SMILES string of the molecule is N#CCC(=O)Nc1cccc(NC(=O)CCCN2C(=O)c3ccccc3C2=O)c1. The predicted octanol–water partition coefficient (Wildman–Crippen LogP) is 2.55. The summed E-state index contributed by atoms with van der Waals surface area (Å²) in [6.45, 7) is 0.157. The van der Waals surface area contributed by atoms with Gasteiger partial charge in [0.2, 0.25) is 11.8 Å². The molecule has 2 aromatic carbocycles. The molecule has 0 unspecified atom stereocenters. The first kappa shape index (κ1) is 19.8. The molecule has 29 heavy (non-hydrogen) atoms. The predicted molar refractivity (Wildman–Crippen MR) is 105 cm³/mol. The molecule has 0 atom stereocenters. The van der Waals surface area contributed by atoms with Gasteiger partial charge in [0, 0.05) is 24.3 Å². The Morgan fingerprint density at radius 1 is 0.897 bits per heavy atom. The molecule has 0 saturated heterocycles. The summed E-state index contributed by atoms with van der Waals surface area (Å²) in [5, 5.41) is 13.8. The van der Waals surface area contributed by atoms with Gasteiger partial charge >= 0.3 is 0 Å². The van der Waals surface area contributed by atoms with Crippen molar-refractivity contribution < 1.29 is 19.2 Å². The molecule has 0 aromatic heterocycles. The van der Waals surface area contributed by atoms with Gasteiger partial charge in [0.25, 0.3) is 11.8 Å². The first-order valence-corrected chi connectivity index (χ1v) is 9.01. The number of carbonyl (C=O) groups is 4. The number of nitrogens with one attached hydrogen (secondary N) is 2. The Morgan fingerprint density at radius 3 is 2.07 bits per heavy atom. The van der Waals surface area contributed by atoms with Crippen molar-refractivity contribution in [1.82, 2.24) is 4.90 Å². The van der Waals surface area contributed by atoms with Crippen LogP contribution in [-0.2, 0) is 9.59 Å². The van der Waals surface area contributed by atoms with E-state index < -0.39 is 5.91 Å². The molecule has 0 saturated carbocycles. The lowest BCUT2D eigenvalue weighted by molar-refractivity contribution is -0.116. The standard InChI is InChI=1S/C21H18N4O4/c22-11-10-19(27)24-15-6-3-5-14(13-15)23-18(26)9-4-12-25-20(28)16-7-1-2-8-17(16)21(25)29/h1-3,5-8,13H,4,9-10,12H2,(H,23,26)(H,24,27). The zero-order valence-corrected chi connectivity index (χ0v) is 15.5. The number of nitriles is 1. The second-order valence-electron chi connectivity index (χ2n) is 6.42. The maximum absolute atomic E-state index is 12.3. The average molecular weight is 390 g/mol. The average Bonchev–Trinajstić information content (AvgIpc) is 2.93. The van der Waals surface area contributed by atoms with Gasteiger partial charge in [-0.15, -0.1) is 0 Å². The molecule has 146 valence electrons. The van der Waals surface area contributed by atoms with Gasteiger partial charge in [0.15, 0.2) is 0 Å². The van der Waals surface area contributed by atoms with Gasteiger partial charge in [0.1, 0.15) is 6.42 Å². The molecule has 0 fully saturated rings. The third-order valence-corrected chi connectivity index (χ3v) is 4.33. The zero-order chi connectivity index (χ0) is 20.8. The van der Waals surface area contributed by atoms with E-state index in [9.17, 15) is 19.2 Å². The topological polar surface area (TPSA) is 119 Å². The van der Waals surface area contributed by atoms with E-state index in [1.807, 2.05) is 0 Å². The van der Waals surface area contributed by atoms with Crippen LogP contribution in [0.4, 0.5) is 11.4 Å². The molecular weight excluding hydrogens is 372 g/mol. The lowest BCUT2D eigenvalue weighted by Gasteiger charge is -2.13. The van der Waals surface area contributed by atoms with Crippen LogP contribution < -0.4 is 10.6 Å². The molecule has 4 amide bonds. The minimum Gasteiger partial charge on any atom is -0.326 e. The van der Waals surface area contributed by atoms with E-state index in [2.05, 4.69) is 10.6 Å². The molecule has 0 aliphatic carbocycles. The van der Waals surface area contributed by atoms with Crippen LogP contribution in [0.2, 0.25) is 0 Å². The maximum atomic E-state index is 12.3. The normalized spacial score (nSPS) is 12.3. The molecule has 1 heterocycles. The van der Waals surface area contributed by atoms with Gasteiger partial charge in [-0.25, -0.2) is 0 Å². The third kappa shape index (κ3) is 4.65. The molecule has 8 nitrogen and oxygen atoms in total. The molecular formula is C21H18N4O4. The Balaban J connectivity index is 1.50. The van der Waals surface area contributed by atoms with Gasteiger partial charge < -0.3 is 10.6 Å². The van der Waals surface area contributed by atoms with Gasteiger partial charge in [-0.05, 0) is 36.8 Å². The smallest absolute Gasteiger partial charge is 0.261 e. The van der Waals surface area contributed by atoms with Crippen LogP contribution in [-0.4, -0.2) is 35.1 Å². The fraction of sp³-hybridized carbons (Fsp3) is 0.190. The van der Waals surface area contributed by atoms with Crippen molar-refractivity contribution in [2.75, 3.05) is 17.2 Å². The molecule has 0 radical (unpaired) electrons. The highest BCUT2D eigenvalue weighted by atomic mass is 16.2. The molecule has 3 rings (SSSR count). The number of carbonyl (C=O) groups excluding carboxylic acids is 4. The summed E-state index contributed by atoms with van der Waals surface area (Å²) in [6.07, 6.45) is 0.197. The third-order valence-electron chi connectivity index (χ3n) is 4.33. The van der Waals surface area contributed by atoms with Crippen LogP contribution in [0.25, 0.3) is 0 Å². The van der Waals surface area contributed by atoms with E-state index in [-0.39, 0.29) is 37.1 Å². The summed E-state index contributed by atoms with van der Waals surface area (Å²) in [4.78, 5) is 49.4. The molecule has 0 bridgehead atoms. The monoisotopic (exact) mass is 390 g/mol. The summed E-state index contributed by atoms with van der Waals surface area (Å²) in [5.41, 5.74) is 1.73. The minimum absolute atomic E-state index is 0.123. The number of fused-ring (bicyclic) bond motifs is 1. The zero-order valence-electron chi connectivity index (χ0n) is 15.5. The number of nitrogens with zero attached hydrogens (tertiary/aromatic N) is 2. The number of rotatable bonds is 7. The highest BCUT2D eigenvalue weighted by molar-refractivity contribution is 6.21. The van der Waals surface area contributed by atoms with E-state index in [0.29, 0.717) is 28.9 Å². The Morgan fingerprint density at radius 2 is 1.48 bits per heavy atom. The highest BCUT2D eigenvalue weighted by Crippen LogP contribution is 2.22. The number of imide groups is 1. The van der Waals surface area contributed by atoms with Crippen molar-refractivity contribution in [3.8, 4) is 6.07 Å². The number of amides is 4. The Labute approximate surface area is 167 Å². The second-order valence-corrected chi connectivity index (χ2v) is 6.42. The summed E-state index contributed by atoms with van der Waals surface area (Å²) in [6, 6.07) is 15.0. The first-order valence-electron chi connectivity index (χ1n) is 9.01. The fourth-order valence-corrected chi connectivity index (χ4v) is 3.02. The van der Waals surface area contributed by atoms with Gasteiger partial charge in [-0.3, -0.25) is 24.1 Å². The minimum atomic E-state index is -0.433. The first-order chi connectivity index (χ1) is 14.0. The lowest BCUT2D eigenvalue weighted by atomic mass is 10.1. The van der Waals surface area contributed by atoms with Crippen LogP contribution in [0.5, 0.6) is 0 Å². The van der Waals surface area contributed by atoms with Crippen LogP contribution in [0.15, 0.2) is 48.5 Å². The molecule has 2 aromatic rings. The van der Waals surface area contributed by atoms with E-state index in [4.69, 9.17) is 5.26 Å². The van der Waals surface area contributed by atoms with Gasteiger partial charge in [-0.2, -0.15) is 5.26 Å². The number of anilines is 2. The lowest BCUT2D eigenvalue weighted by Crippen LogP contribution is -2.31. The number of benzene rings is 2. The fourth-order valence-electron chi connectivity index (χ4n) is 3.02.